The Labute approximate surface area is 121 Å². The zero-order valence-electron chi connectivity index (χ0n) is 12.4. The zero-order chi connectivity index (χ0) is 14.5. The molecule has 110 valence electrons. The largest absolute Gasteiger partial charge is 0.330 e. The van der Waals surface area contributed by atoms with Gasteiger partial charge in [-0.25, -0.2) is 4.79 Å². The topological polar surface area (TPSA) is 58.4 Å². The first-order chi connectivity index (χ1) is 9.61. The highest BCUT2D eigenvalue weighted by Gasteiger charge is 2.29. The number of anilines is 1. The van der Waals surface area contributed by atoms with Crippen LogP contribution in [0.25, 0.3) is 0 Å². The van der Waals surface area contributed by atoms with Crippen molar-refractivity contribution < 1.29 is 4.79 Å². The molecule has 0 spiro atoms. The van der Waals surface area contributed by atoms with Crippen LogP contribution < -0.4 is 11.1 Å². The molecule has 2 unspecified atom stereocenters. The smallest absolute Gasteiger partial charge is 0.321 e. The molecule has 0 radical (unpaired) electrons. The third kappa shape index (κ3) is 3.51. The lowest BCUT2D eigenvalue weighted by molar-refractivity contribution is 0.150. The van der Waals surface area contributed by atoms with E-state index in [-0.39, 0.29) is 12.1 Å². The summed E-state index contributed by atoms with van der Waals surface area (Å²) in [5.41, 5.74) is 7.84. The van der Waals surface area contributed by atoms with E-state index in [1.807, 2.05) is 43.1 Å². The van der Waals surface area contributed by atoms with Gasteiger partial charge in [0.1, 0.15) is 0 Å². The Morgan fingerprint density at radius 2 is 2.15 bits per heavy atom. The van der Waals surface area contributed by atoms with E-state index in [0.29, 0.717) is 12.5 Å². The van der Waals surface area contributed by atoms with Crippen LogP contribution in [0.2, 0.25) is 0 Å². The highest BCUT2D eigenvalue weighted by Crippen LogP contribution is 2.27. The molecule has 2 amide bonds. The Bertz CT molecular complexity index is 461. The third-order valence-corrected chi connectivity index (χ3v) is 4.26. The number of benzene rings is 1. The van der Waals surface area contributed by atoms with Gasteiger partial charge in [0, 0.05) is 18.8 Å². The summed E-state index contributed by atoms with van der Waals surface area (Å²) in [6, 6.07) is 8.09. The lowest BCUT2D eigenvalue weighted by Crippen LogP contribution is -2.47. The average Bonchev–Trinajstić information content (AvgIpc) is 2.46. The number of rotatable bonds is 3. The van der Waals surface area contributed by atoms with Gasteiger partial charge >= 0.3 is 6.03 Å². The second kappa shape index (κ2) is 6.75. The van der Waals surface area contributed by atoms with Crippen molar-refractivity contribution in [2.24, 2.45) is 11.7 Å². The fourth-order valence-corrected chi connectivity index (χ4v) is 3.06. The molecule has 4 heteroatoms. The van der Waals surface area contributed by atoms with E-state index >= 15 is 0 Å². The van der Waals surface area contributed by atoms with Gasteiger partial charge < -0.3 is 16.0 Å². The van der Waals surface area contributed by atoms with Gasteiger partial charge in [-0.15, -0.1) is 0 Å². The van der Waals surface area contributed by atoms with Crippen LogP contribution in [0.1, 0.15) is 31.2 Å². The summed E-state index contributed by atoms with van der Waals surface area (Å²) in [5, 5.41) is 2.97. The van der Waals surface area contributed by atoms with Crippen LogP contribution in [-0.4, -0.2) is 30.6 Å². The molecular weight excluding hydrogens is 250 g/mol. The predicted octanol–water partition coefficient (Wildman–Crippen LogP) is 2.98. The summed E-state index contributed by atoms with van der Waals surface area (Å²) in [7, 11) is 1.88. The van der Waals surface area contributed by atoms with Gasteiger partial charge in [0.05, 0.1) is 0 Å². The highest BCUT2D eigenvalue weighted by molar-refractivity contribution is 5.89. The monoisotopic (exact) mass is 275 g/mol. The molecule has 1 aliphatic rings. The Hall–Kier alpha value is -1.55. The molecule has 4 nitrogen and oxygen atoms in total. The third-order valence-electron chi connectivity index (χ3n) is 4.26. The summed E-state index contributed by atoms with van der Waals surface area (Å²) in [4.78, 5) is 14.2. The summed E-state index contributed by atoms with van der Waals surface area (Å²) in [5.74, 6) is 0.428. The molecule has 0 saturated heterocycles. The average molecular weight is 275 g/mol. The van der Waals surface area contributed by atoms with E-state index in [1.165, 1.54) is 12.8 Å². The Balaban J connectivity index is 2.00. The predicted molar refractivity (Wildman–Crippen MR) is 82.8 cm³/mol. The molecule has 1 aromatic rings. The van der Waals surface area contributed by atoms with Gasteiger partial charge in [0.2, 0.25) is 0 Å². The number of nitrogens with two attached hydrogens (primary N) is 1. The number of nitrogens with one attached hydrogen (secondary N) is 1. The molecule has 0 aliphatic heterocycles. The molecule has 20 heavy (non-hydrogen) atoms. The van der Waals surface area contributed by atoms with Gasteiger partial charge in [0.15, 0.2) is 0 Å². The number of hydrogen-bond acceptors (Lipinski definition) is 2. The van der Waals surface area contributed by atoms with E-state index in [9.17, 15) is 4.79 Å². The van der Waals surface area contributed by atoms with E-state index in [2.05, 4.69) is 5.32 Å². The molecule has 2 atom stereocenters. The summed E-state index contributed by atoms with van der Waals surface area (Å²) in [6.45, 7) is 2.68. The summed E-state index contributed by atoms with van der Waals surface area (Å²) < 4.78 is 0. The van der Waals surface area contributed by atoms with E-state index in [1.54, 1.807) is 0 Å². The number of carbonyl (C=O) groups is 1. The summed E-state index contributed by atoms with van der Waals surface area (Å²) in [6.07, 6.45) is 4.60. The van der Waals surface area contributed by atoms with Crippen molar-refractivity contribution in [2.75, 3.05) is 18.9 Å². The normalized spacial score (nSPS) is 22.4. The molecule has 1 saturated carbocycles. The second-order valence-corrected chi connectivity index (χ2v) is 5.76. The molecular formula is C16H25N3O. The van der Waals surface area contributed by atoms with Crippen LogP contribution in [0.3, 0.4) is 0 Å². The lowest BCUT2D eigenvalue weighted by Gasteiger charge is -2.37. The van der Waals surface area contributed by atoms with Crippen molar-refractivity contribution in [2.45, 2.75) is 38.6 Å². The molecule has 3 N–H and O–H groups in total. The van der Waals surface area contributed by atoms with Gasteiger partial charge in [-0.2, -0.15) is 0 Å². The molecule has 1 aromatic carbocycles. The minimum absolute atomic E-state index is 0.0408. The zero-order valence-corrected chi connectivity index (χ0v) is 12.4. The van der Waals surface area contributed by atoms with Crippen LogP contribution in [0.5, 0.6) is 0 Å². The van der Waals surface area contributed by atoms with Crippen molar-refractivity contribution in [1.82, 2.24) is 4.90 Å². The van der Waals surface area contributed by atoms with Gasteiger partial charge in [-0.3, -0.25) is 0 Å². The Kier molecular flexibility index (Phi) is 5.01. The molecule has 0 heterocycles. The van der Waals surface area contributed by atoms with Crippen LogP contribution in [-0.2, 0) is 0 Å². The van der Waals surface area contributed by atoms with Crippen molar-refractivity contribution in [1.29, 1.82) is 0 Å². The quantitative estimate of drug-likeness (QED) is 0.891. The van der Waals surface area contributed by atoms with Crippen molar-refractivity contribution in [3.05, 3.63) is 29.8 Å². The fourth-order valence-electron chi connectivity index (χ4n) is 3.06. The standard InChI is InChI=1S/C16H25N3O/c1-12-6-5-8-14(10-12)18-16(20)19(2)15-9-4-3-7-13(15)11-17/h5-6,8,10,13,15H,3-4,7,9,11,17H2,1-2H3,(H,18,20). The minimum Gasteiger partial charge on any atom is -0.330 e. The first kappa shape index (κ1) is 14.9. The molecule has 0 aromatic heterocycles. The number of nitrogens with zero attached hydrogens (tertiary/aromatic N) is 1. The summed E-state index contributed by atoms with van der Waals surface area (Å²) >= 11 is 0. The van der Waals surface area contributed by atoms with Crippen LogP contribution in [0.4, 0.5) is 10.5 Å². The van der Waals surface area contributed by atoms with Gasteiger partial charge in [0.25, 0.3) is 0 Å². The molecule has 2 rings (SSSR count). The maximum atomic E-state index is 12.4. The molecule has 0 bridgehead atoms. The Morgan fingerprint density at radius 1 is 1.40 bits per heavy atom. The number of urea groups is 1. The van der Waals surface area contributed by atoms with E-state index in [0.717, 1.165) is 24.1 Å². The first-order valence-corrected chi connectivity index (χ1v) is 7.42. The molecule has 1 fully saturated rings. The van der Waals surface area contributed by atoms with Gasteiger partial charge in [-0.1, -0.05) is 25.0 Å². The van der Waals surface area contributed by atoms with Crippen LogP contribution >= 0.6 is 0 Å². The fraction of sp³-hybridized carbons (Fsp3) is 0.562. The Morgan fingerprint density at radius 3 is 2.85 bits per heavy atom. The van der Waals surface area contributed by atoms with Gasteiger partial charge in [-0.05, 0) is 49.9 Å². The lowest BCUT2D eigenvalue weighted by atomic mass is 9.84. The minimum atomic E-state index is -0.0408. The van der Waals surface area contributed by atoms with Crippen molar-refractivity contribution in [3.8, 4) is 0 Å². The number of carbonyl (C=O) groups excluding carboxylic acids is 1. The maximum Gasteiger partial charge on any atom is 0.321 e. The second-order valence-electron chi connectivity index (χ2n) is 5.76. The SMILES string of the molecule is Cc1cccc(NC(=O)N(C)C2CCCCC2CN)c1. The van der Waals surface area contributed by atoms with E-state index < -0.39 is 0 Å². The van der Waals surface area contributed by atoms with E-state index in [4.69, 9.17) is 5.73 Å². The number of amides is 2. The van der Waals surface area contributed by atoms with Crippen LogP contribution in [0, 0.1) is 12.8 Å². The van der Waals surface area contributed by atoms with Crippen molar-refractivity contribution in [3.63, 3.8) is 0 Å². The van der Waals surface area contributed by atoms with Crippen LogP contribution in [0.15, 0.2) is 24.3 Å². The number of aryl methyl sites for hydroxylation is 1. The first-order valence-electron chi connectivity index (χ1n) is 7.42. The van der Waals surface area contributed by atoms with Crippen molar-refractivity contribution >= 4 is 11.7 Å². The highest BCUT2D eigenvalue weighted by atomic mass is 16.2. The maximum absolute atomic E-state index is 12.4. The number of hydrogen-bond donors (Lipinski definition) is 2. The molecule has 1 aliphatic carbocycles.